The van der Waals surface area contributed by atoms with E-state index in [0.29, 0.717) is 12.3 Å². The molecule has 82 valence electrons. The van der Waals surface area contributed by atoms with Crippen LogP contribution in [0, 0.1) is 5.92 Å². The second-order valence-corrected chi connectivity index (χ2v) is 4.38. The van der Waals surface area contributed by atoms with Gasteiger partial charge in [-0.2, -0.15) is 0 Å². The average molecular weight is 204 g/mol. The van der Waals surface area contributed by atoms with Gasteiger partial charge in [0.1, 0.15) is 0 Å². The third-order valence-electron chi connectivity index (χ3n) is 2.40. The Morgan fingerprint density at radius 3 is 2.33 bits per heavy atom. The Kier molecular flexibility index (Phi) is 4.57. The minimum Gasteiger partial charge on any atom is -0.388 e. The molecular weight excluding hydrogens is 184 g/mol. The molecule has 0 saturated carbocycles. The molecule has 1 rings (SSSR count). The van der Waals surface area contributed by atoms with Crippen LogP contribution in [0.3, 0.4) is 0 Å². The largest absolute Gasteiger partial charge is 0.388 e. The van der Waals surface area contributed by atoms with Gasteiger partial charge in [-0.25, -0.2) is 0 Å². The zero-order chi connectivity index (χ0) is 11.3. The Labute approximate surface area is 92.5 Å². The van der Waals surface area contributed by atoms with Crippen LogP contribution in [0.1, 0.15) is 37.5 Å². The average Bonchev–Trinajstić information content (AvgIpc) is 2.18. The second-order valence-electron chi connectivity index (χ2n) is 4.38. The molecule has 1 aromatic rings. The van der Waals surface area contributed by atoms with E-state index in [1.165, 1.54) is 5.56 Å². The summed E-state index contributed by atoms with van der Waals surface area (Å²) in [5, 5.41) is 9.72. The van der Waals surface area contributed by atoms with E-state index in [9.17, 15) is 5.11 Å². The van der Waals surface area contributed by atoms with Gasteiger partial charge in [-0.1, -0.05) is 44.2 Å². The SMILES string of the molecule is C=CC[C@@H](O)c1ccc(CC(C)C)cc1. The highest BCUT2D eigenvalue weighted by Gasteiger charge is 2.05. The van der Waals surface area contributed by atoms with Crippen LogP contribution >= 0.6 is 0 Å². The van der Waals surface area contributed by atoms with Crippen molar-refractivity contribution in [1.29, 1.82) is 0 Å². The molecule has 0 aliphatic carbocycles. The number of benzene rings is 1. The lowest BCUT2D eigenvalue weighted by molar-refractivity contribution is 0.181. The zero-order valence-corrected chi connectivity index (χ0v) is 9.61. The van der Waals surface area contributed by atoms with E-state index < -0.39 is 6.10 Å². The van der Waals surface area contributed by atoms with Crippen molar-refractivity contribution in [2.24, 2.45) is 5.92 Å². The summed E-state index contributed by atoms with van der Waals surface area (Å²) < 4.78 is 0. The van der Waals surface area contributed by atoms with Crippen molar-refractivity contribution in [3.05, 3.63) is 48.0 Å². The number of aliphatic hydroxyl groups is 1. The molecule has 0 saturated heterocycles. The summed E-state index contributed by atoms with van der Waals surface area (Å²) in [4.78, 5) is 0. The number of aliphatic hydroxyl groups excluding tert-OH is 1. The minimum absolute atomic E-state index is 0.407. The van der Waals surface area contributed by atoms with E-state index in [-0.39, 0.29) is 0 Å². The maximum Gasteiger partial charge on any atom is 0.0824 e. The van der Waals surface area contributed by atoms with Gasteiger partial charge in [-0.3, -0.25) is 0 Å². The van der Waals surface area contributed by atoms with Gasteiger partial charge in [0.15, 0.2) is 0 Å². The van der Waals surface area contributed by atoms with Crippen LogP contribution < -0.4 is 0 Å². The third-order valence-corrected chi connectivity index (χ3v) is 2.40. The minimum atomic E-state index is -0.407. The van der Waals surface area contributed by atoms with Crippen molar-refractivity contribution in [2.45, 2.75) is 32.8 Å². The van der Waals surface area contributed by atoms with Crippen LogP contribution in [0.25, 0.3) is 0 Å². The number of hydrogen-bond acceptors (Lipinski definition) is 1. The smallest absolute Gasteiger partial charge is 0.0824 e. The van der Waals surface area contributed by atoms with Crippen LogP contribution in [0.4, 0.5) is 0 Å². The molecule has 1 nitrogen and oxygen atoms in total. The first-order chi connectivity index (χ1) is 7.13. The lowest BCUT2D eigenvalue weighted by atomic mass is 9.99. The molecule has 1 heteroatoms. The molecule has 0 aromatic heterocycles. The van der Waals surface area contributed by atoms with Crippen LogP contribution in [0.15, 0.2) is 36.9 Å². The molecule has 0 fully saturated rings. The molecule has 0 aliphatic rings. The summed E-state index contributed by atoms with van der Waals surface area (Å²) in [5.74, 6) is 0.675. The molecule has 0 bridgehead atoms. The van der Waals surface area contributed by atoms with Gasteiger partial charge >= 0.3 is 0 Å². The highest BCUT2D eigenvalue weighted by atomic mass is 16.3. The van der Waals surface area contributed by atoms with E-state index in [2.05, 4.69) is 32.6 Å². The van der Waals surface area contributed by atoms with Crippen molar-refractivity contribution < 1.29 is 5.11 Å². The lowest BCUT2D eigenvalue weighted by Gasteiger charge is -2.10. The molecular formula is C14H20O. The zero-order valence-electron chi connectivity index (χ0n) is 9.61. The molecule has 1 N–H and O–H groups in total. The maximum atomic E-state index is 9.72. The lowest BCUT2D eigenvalue weighted by Crippen LogP contribution is -1.97. The molecule has 0 radical (unpaired) electrons. The van der Waals surface area contributed by atoms with Gasteiger partial charge in [-0.05, 0) is 29.9 Å². The van der Waals surface area contributed by atoms with Crippen molar-refractivity contribution in [2.75, 3.05) is 0 Å². The van der Waals surface area contributed by atoms with E-state index in [1.54, 1.807) is 6.08 Å². The fourth-order valence-corrected chi connectivity index (χ4v) is 1.64. The van der Waals surface area contributed by atoms with E-state index >= 15 is 0 Å². The second kappa shape index (κ2) is 5.72. The van der Waals surface area contributed by atoms with E-state index in [0.717, 1.165) is 12.0 Å². The maximum absolute atomic E-state index is 9.72. The predicted octanol–water partition coefficient (Wildman–Crippen LogP) is 3.49. The summed E-state index contributed by atoms with van der Waals surface area (Å²) in [5.41, 5.74) is 2.31. The first-order valence-electron chi connectivity index (χ1n) is 5.51. The molecule has 0 spiro atoms. The van der Waals surface area contributed by atoms with Crippen LogP contribution in [0.2, 0.25) is 0 Å². The standard InChI is InChI=1S/C14H20O/c1-4-5-14(15)13-8-6-12(7-9-13)10-11(2)3/h4,6-9,11,14-15H,1,5,10H2,2-3H3/t14-/m1/s1. The Balaban J connectivity index is 2.67. The van der Waals surface area contributed by atoms with Gasteiger partial charge in [0.05, 0.1) is 6.10 Å². The van der Waals surface area contributed by atoms with E-state index in [1.807, 2.05) is 12.1 Å². The normalized spacial score (nSPS) is 12.8. The highest BCUT2D eigenvalue weighted by molar-refractivity contribution is 5.24. The van der Waals surface area contributed by atoms with Gasteiger partial charge in [0, 0.05) is 0 Å². The van der Waals surface area contributed by atoms with Gasteiger partial charge in [0.25, 0.3) is 0 Å². The summed E-state index contributed by atoms with van der Waals surface area (Å²) >= 11 is 0. The summed E-state index contributed by atoms with van der Waals surface area (Å²) in [6, 6.07) is 8.21. The molecule has 15 heavy (non-hydrogen) atoms. The summed E-state index contributed by atoms with van der Waals surface area (Å²) in [6.45, 7) is 8.04. The third kappa shape index (κ3) is 3.88. The molecule has 0 unspecified atom stereocenters. The number of rotatable bonds is 5. The summed E-state index contributed by atoms with van der Waals surface area (Å²) in [7, 11) is 0. The fraction of sp³-hybridized carbons (Fsp3) is 0.429. The molecule has 0 amide bonds. The molecule has 0 heterocycles. The first kappa shape index (κ1) is 12.0. The molecule has 1 atom stereocenters. The molecule has 0 aliphatic heterocycles. The monoisotopic (exact) mass is 204 g/mol. The quantitative estimate of drug-likeness (QED) is 0.728. The van der Waals surface area contributed by atoms with Crippen molar-refractivity contribution in [3.8, 4) is 0 Å². The Morgan fingerprint density at radius 2 is 1.87 bits per heavy atom. The van der Waals surface area contributed by atoms with Crippen molar-refractivity contribution >= 4 is 0 Å². The highest BCUT2D eigenvalue weighted by Crippen LogP contribution is 2.18. The van der Waals surface area contributed by atoms with Gasteiger partial charge < -0.3 is 5.11 Å². The van der Waals surface area contributed by atoms with Crippen molar-refractivity contribution in [3.63, 3.8) is 0 Å². The Hall–Kier alpha value is -1.08. The van der Waals surface area contributed by atoms with Gasteiger partial charge in [0.2, 0.25) is 0 Å². The first-order valence-corrected chi connectivity index (χ1v) is 5.51. The Morgan fingerprint density at radius 1 is 1.27 bits per heavy atom. The van der Waals surface area contributed by atoms with E-state index in [4.69, 9.17) is 0 Å². The van der Waals surface area contributed by atoms with Crippen LogP contribution in [0.5, 0.6) is 0 Å². The topological polar surface area (TPSA) is 20.2 Å². The fourth-order valence-electron chi connectivity index (χ4n) is 1.64. The summed E-state index contributed by atoms with van der Waals surface area (Å²) in [6.07, 6.45) is 3.05. The van der Waals surface area contributed by atoms with Crippen molar-refractivity contribution in [1.82, 2.24) is 0 Å². The van der Waals surface area contributed by atoms with Crippen LogP contribution in [-0.4, -0.2) is 5.11 Å². The van der Waals surface area contributed by atoms with Crippen LogP contribution in [-0.2, 0) is 6.42 Å². The number of hydrogen-bond donors (Lipinski definition) is 1. The Bertz CT molecular complexity index is 298. The predicted molar refractivity (Wildman–Crippen MR) is 64.8 cm³/mol. The van der Waals surface area contributed by atoms with Gasteiger partial charge in [-0.15, -0.1) is 6.58 Å². The molecule has 1 aromatic carbocycles.